The lowest BCUT2D eigenvalue weighted by Gasteiger charge is -2.13. The van der Waals surface area contributed by atoms with Gasteiger partial charge in [0.1, 0.15) is 0 Å². The zero-order valence-corrected chi connectivity index (χ0v) is 10.6. The van der Waals surface area contributed by atoms with Gasteiger partial charge in [0.25, 0.3) is 0 Å². The maximum atomic E-state index is 4.24. The molecule has 1 heterocycles. The Hall–Kier alpha value is -1.61. The smallest absolute Gasteiger partial charge is 0.0537 e. The van der Waals surface area contributed by atoms with E-state index >= 15 is 0 Å². The number of hydrogen-bond acceptors (Lipinski definition) is 2. The second kappa shape index (κ2) is 5.15. The van der Waals surface area contributed by atoms with Gasteiger partial charge in [-0.25, -0.2) is 0 Å². The molecule has 0 saturated carbocycles. The molecular weight excluding hydrogens is 210 g/mol. The third-order valence-corrected chi connectivity index (χ3v) is 3.24. The summed E-state index contributed by atoms with van der Waals surface area (Å²) in [6.45, 7) is 5.13. The summed E-state index contributed by atoms with van der Waals surface area (Å²) >= 11 is 0. The van der Waals surface area contributed by atoms with Crippen LogP contribution in [0.15, 0.2) is 36.5 Å². The van der Waals surface area contributed by atoms with Crippen molar-refractivity contribution in [1.82, 2.24) is 15.1 Å². The second-order valence-electron chi connectivity index (χ2n) is 4.39. The van der Waals surface area contributed by atoms with Gasteiger partial charge in [-0.1, -0.05) is 30.3 Å². The van der Waals surface area contributed by atoms with Gasteiger partial charge >= 0.3 is 0 Å². The van der Waals surface area contributed by atoms with Gasteiger partial charge < -0.3 is 5.32 Å². The summed E-state index contributed by atoms with van der Waals surface area (Å²) < 4.78 is 1.91. The minimum Gasteiger partial charge on any atom is -0.306 e. The van der Waals surface area contributed by atoms with Gasteiger partial charge in [0.2, 0.25) is 0 Å². The lowest BCUT2D eigenvalue weighted by molar-refractivity contribution is 0.572. The monoisotopic (exact) mass is 229 g/mol. The van der Waals surface area contributed by atoms with Crippen molar-refractivity contribution in [1.29, 1.82) is 0 Å². The molecular formula is C14H19N3. The average Bonchev–Trinajstić information content (AvgIpc) is 2.68. The van der Waals surface area contributed by atoms with Crippen LogP contribution in [0.3, 0.4) is 0 Å². The van der Waals surface area contributed by atoms with E-state index in [0.717, 1.165) is 6.54 Å². The first-order valence-electron chi connectivity index (χ1n) is 5.94. The van der Waals surface area contributed by atoms with Crippen molar-refractivity contribution < 1.29 is 0 Å². The van der Waals surface area contributed by atoms with E-state index in [1.165, 1.54) is 16.8 Å². The molecule has 0 fully saturated rings. The summed E-state index contributed by atoms with van der Waals surface area (Å²) in [6.07, 6.45) is 1.93. The van der Waals surface area contributed by atoms with Gasteiger partial charge in [0.15, 0.2) is 0 Å². The van der Waals surface area contributed by atoms with Crippen LogP contribution in [0.4, 0.5) is 0 Å². The van der Waals surface area contributed by atoms with Crippen LogP contribution in [0.5, 0.6) is 0 Å². The third-order valence-electron chi connectivity index (χ3n) is 3.24. The highest BCUT2D eigenvalue weighted by Gasteiger charge is 2.07. The van der Waals surface area contributed by atoms with E-state index in [9.17, 15) is 0 Å². The normalized spacial score (nSPS) is 12.6. The number of rotatable bonds is 4. The molecule has 0 aliphatic rings. The quantitative estimate of drug-likeness (QED) is 0.873. The molecule has 0 saturated heterocycles. The van der Waals surface area contributed by atoms with E-state index in [2.05, 4.69) is 48.5 Å². The molecule has 0 amide bonds. The number of nitrogens with one attached hydrogen (secondary N) is 1. The summed E-state index contributed by atoms with van der Waals surface area (Å²) in [6, 6.07) is 10.8. The fourth-order valence-electron chi connectivity index (χ4n) is 1.84. The van der Waals surface area contributed by atoms with Gasteiger partial charge in [0.05, 0.1) is 6.20 Å². The van der Waals surface area contributed by atoms with E-state index in [1.807, 2.05) is 24.0 Å². The second-order valence-corrected chi connectivity index (χ2v) is 4.39. The molecule has 0 radical (unpaired) electrons. The van der Waals surface area contributed by atoms with Crippen LogP contribution in [0, 0.1) is 6.92 Å². The summed E-state index contributed by atoms with van der Waals surface area (Å²) in [5.74, 6) is 0. The fourth-order valence-corrected chi connectivity index (χ4v) is 1.84. The molecule has 90 valence electrons. The molecule has 2 rings (SSSR count). The molecule has 1 atom stereocenters. The van der Waals surface area contributed by atoms with Crippen LogP contribution in [0.25, 0.3) is 0 Å². The Morgan fingerprint density at radius 1 is 1.29 bits per heavy atom. The average molecular weight is 229 g/mol. The van der Waals surface area contributed by atoms with Gasteiger partial charge in [0, 0.05) is 30.9 Å². The highest BCUT2D eigenvalue weighted by Crippen LogP contribution is 2.13. The molecule has 0 aliphatic heterocycles. The molecule has 2 aromatic rings. The molecule has 1 N–H and O–H groups in total. The minimum atomic E-state index is 0.357. The van der Waals surface area contributed by atoms with Crippen LogP contribution in [-0.2, 0) is 13.6 Å². The Balaban J connectivity index is 1.97. The zero-order valence-electron chi connectivity index (χ0n) is 10.6. The largest absolute Gasteiger partial charge is 0.306 e. The molecule has 0 aliphatic carbocycles. The summed E-state index contributed by atoms with van der Waals surface area (Å²) in [5, 5.41) is 7.76. The highest BCUT2D eigenvalue weighted by molar-refractivity contribution is 5.19. The summed E-state index contributed by atoms with van der Waals surface area (Å²) in [4.78, 5) is 0. The van der Waals surface area contributed by atoms with E-state index in [4.69, 9.17) is 0 Å². The van der Waals surface area contributed by atoms with Crippen molar-refractivity contribution in [2.45, 2.75) is 26.4 Å². The first-order chi connectivity index (χ1) is 8.18. The summed E-state index contributed by atoms with van der Waals surface area (Å²) in [7, 11) is 1.97. The Kier molecular flexibility index (Phi) is 3.59. The van der Waals surface area contributed by atoms with Gasteiger partial charge in [-0.3, -0.25) is 4.68 Å². The van der Waals surface area contributed by atoms with Crippen LogP contribution in [0.2, 0.25) is 0 Å². The van der Waals surface area contributed by atoms with Crippen molar-refractivity contribution in [2.24, 2.45) is 7.05 Å². The molecule has 1 aromatic heterocycles. The van der Waals surface area contributed by atoms with Gasteiger partial charge in [-0.2, -0.15) is 5.10 Å². The van der Waals surface area contributed by atoms with Crippen molar-refractivity contribution >= 4 is 0 Å². The SMILES string of the molecule is Cc1c(CN[C@@H](C)c2ccccc2)cnn1C. The number of hydrogen-bond donors (Lipinski definition) is 1. The van der Waals surface area contributed by atoms with Crippen molar-refractivity contribution in [3.05, 3.63) is 53.3 Å². The van der Waals surface area contributed by atoms with Crippen molar-refractivity contribution in [3.8, 4) is 0 Å². The fraction of sp³-hybridized carbons (Fsp3) is 0.357. The van der Waals surface area contributed by atoms with Crippen LogP contribution in [0.1, 0.15) is 29.8 Å². The summed E-state index contributed by atoms with van der Waals surface area (Å²) in [5.41, 5.74) is 3.79. The maximum Gasteiger partial charge on any atom is 0.0537 e. The first-order valence-corrected chi connectivity index (χ1v) is 5.94. The van der Waals surface area contributed by atoms with E-state index in [0.29, 0.717) is 6.04 Å². The molecule has 17 heavy (non-hydrogen) atoms. The number of aromatic nitrogens is 2. The predicted molar refractivity (Wildman–Crippen MR) is 69.6 cm³/mol. The molecule has 0 unspecified atom stereocenters. The van der Waals surface area contributed by atoms with Crippen molar-refractivity contribution in [3.63, 3.8) is 0 Å². The Labute approximate surface area is 102 Å². The van der Waals surface area contributed by atoms with E-state index in [1.54, 1.807) is 0 Å². The molecule has 1 aromatic carbocycles. The lowest BCUT2D eigenvalue weighted by atomic mass is 10.1. The minimum absolute atomic E-state index is 0.357. The molecule has 3 heteroatoms. The Bertz CT molecular complexity index is 473. The van der Waals surface area contributed by atoms with E-state index in [-0.39, 0.29) is 0 Å². The lowest BCUT2D eigenvalue weighted by Crippen LogP contribution is -2.18. The van der Waals surface area contributed by atoms with Crippen molar-refractivity contribution in [2.75, 3.05) is 0 Å². The number of nitrogens with zero attached hydrogens (tertiary/aromatic N) is 2. The number of benzene rings is 1. The van der Waals surface area contributed by atoms with Crippen LogP contribution >= 0.6 is 0 Å². The first kappa shape index (κ1) is 11.9. The predicted octanol–water partition coefficient (Wildman–Crippen LogP) is 2.58. The Morgan fingerprint density at radius 3 is 2.59 bits per heavy atom. The highest BCUT2D eigenvalue weighted by atomic mass is 15.3. The molecule has 3 nitrogen and oxygen atoms in total. The molecule has 0 bridgehead atoms. The van der Waals surface area contributed by atoms with Crippen LogP contribution < -0.4 is 5.32 Å². The molecule has 0 spiro atoms. The maximum absolute atomic E-state index is 4.24. The van der Waals surface area contributed by atoms with Gasteiger partial charge in [-0.15, -0.1) is 0 Å². The topological polar surface area (TPSA) is 29.9 Å². The van der Waals surface area contributed by atoms with Crippen LogP contribution in [-0.4, -0.2) is 9.78 Å². The van der Waals surface area contributed by atoms with Gasteiger partial charge in [-0.05, 0) is 19.4 Å². The standard InChI is InChI=1S/C14H19N3/c1-11(13-7-5-4-6-8-13)15-9-14-10-16-17(3)12(14)2/h4-8,10-11,15H,9H2,1-3H3/t11-/m0/s1. The third kappa shape index (κ3) is 2.74. The van der Waals surface area contributed by atoms with E-state index < -0.39 is 0 Å². The number of aryl methyl sites for hydroxylation is 1. The zero-order chi connectivity index (χ0) is 12.3. The Morgan fingerprint density at radius 2 is 2.00 bits per heavy atom.